The summed E-state index contributed by atoms with van der Waals surface area (Å²) in [5, 5.41) is 19.3. The third-order valence-corrected chi connectivity index (χ3v) is 3.60. The molecule has 0 heterocycles. The van der Waals surface area contributed by atoms with Crippen molar-refractivity contribution < 1.29 is 19.4 Å². The number of benzene rings is 2. The van der Waals surface area contributed by atoms with E-state index in [0.29, 0.717) is 20.1 Å². The predicted molar refractivity (Wildman–Crippen MR) is 79.3 cm³/mol. The largest absolute Gasteiger partial charge is 0.478 e. The molecule has 0 fully saturated rings. The Labute approximate surface area is 131 Å². The summed E-state index contributed by atoms with van der Waals surface area (Å²) >= 11 is 6.34. The normalized spacial score (nSPS) is 12.2. The average molecular weight is 404 g/mol. The van der Waals surface area contributed by atoms with E-state index >= 15 is 0 Å². The molecule has 104 valence electrons. The van der Waals surface area contributed by atoms with Crippen LogP contribution in [0.15, 0.2) is 45.3 Å². The molecule has 0 aromatic heterocycles. The molecule has 0 radical (unpaired) electrons. The van der Waals surface area contributed by atoms with Crippen molar-refractivity contribution in [3.63, 3.8) is 0 Å². The van der Waals surface area contributed by atoms with Gasteiger partial charge in [0.1, 0.15) is 11.9 Å². The molecule has 2 N–H and O–H groups in total. The molecule has 2 aromatic rings. The number of hydrogen-bond acceptors (Lipinski definition) is 2. The van der Waals surface area contributed by atoms with Crippen molar-refractivity contribution in [1.29, 1.82) is 0 Å². The molecule has 0 saturated carbocycles. The molecule has 1 unspecified atom stereocenters. The Morgan fingerprint density at radius 3 is 2.10 bits per heavy atom. The van der Waals surface area contributed by atoms with Crippen LogP contribution in [0.25, 0.3) is 0 Å². The Balaban J connectivity index is 2.47. The first kappa shape index (κ1) is 15.2. The van der Waals surface area contributed by atoms with E-state index in [2.05, 4.69) is 31.9 Å². The van der Waals surface area contributed by atoms with Crippen molar-refractivity contribution in [2.24, 2.45) is 0 Å². The third-order valence-electron chi connectivity index (χ3n) is 2.68. The number of carboxylic acid groups (broad SMARTS) is 1. The molecule has 0 saturated heterocycles. The van der Waals surface area contributed by atoms with Gasteiger partial charge in [0.15, 0.2) is 0 Å². The highest BCUT2D eigenvalue weighted by Gasteiger charge is 2.15. The van der Waals surface area contributed by atoms with Crippen LogP contribution < -0.4 is 0 Å². The number of carbonyl (C=O) groups is 1. The molecule has 2 aromatic carbocycles. The van der Waals surface area contributed by atoms with Gasteiger partial charge in [0.25, 0.3) is 0 Å². The van der Waals surface area contributed by atoms with E-state index < -0.39 is 17.9 Å². The molecule has 0 aliphatic rings. The standard InChI is InChI=1S/C14H9Br2FO3/c15-10-2-7(1-9(4-10)14(19)20)13(18)8-3-11(16)6-12(17)5-8/h1-6,13,18H,(H,19,20). The van der Waals surface area contributed by atoms with E-state index in [0.717, 1.165) is 0 Å². The Morgan fingerprint density at radius 2 is 1.55 bits per heavy atom. The van der Waals surface area contributed by atoms with E-state index in [1.54, 1.807) is 12.1 Å². The van der Waals surface area contributed by atoms with Crippen molar-refractivity contribution in [2.75, 3.05) is 0 Å². The zero-order valence-corrected chi connectivity index (χ0v) is 13.2. The van der Waals surface area contributed by atoms with Crippen LogP contribution in [0.1, 0.15) is 27.6 Å². The highest BCUT2D eigenvalue weighted by Crippen LogP contribution is 2.28. The second kappa shape index (κ2) is 6.03. The lowest BCUT2D eigenvalue weighted by Crippen LogP contribution is -2.04. The highest BCUT2D eigenvalue weighted by atomic mass is 79.9. The highest BCUT2D eigenvalue weighted by molar-refractivity contribution is 9.10. The van der Waals surface area contributed by atoms with Gasteiger partial charge in [-0.3, -0.25) is 0 Å². The van der Waals surface area contributed by atoms with E-state index in [9.17, 15) is 14.3 Å². The Bertz CT molecular complexity index is 653. The maximum absolute atomic E-state index is 13.3. The predicted octanol–water partition coefficient (Wildman–Crippen LogP) is 4.13. The van der Waals surface area contributed by atoms with Crippen LogP contribution in [0.5, 0.6) is 0 Å². The molecular weight excluding hydrogens is 395 g/mol. The van der Waals surface area contributed by atoms with E-state index in [4.69, 9.17) is 5.11 Å². The van der Waals surface area contributed by atoms with Crippen LogP contribution in [0.3, 0.4) is 0 Å². The van der Waals surface area contributed by atoms with Crippen LogP contribution in [0.2, 0.25) is 0 Å². The van der Waals surface area contributed by atoms with Gasteiger partial charge in [0, 0.05) is 8.95 Å². The second-order valence-electron chi connectivity index (χ2n) is 4.18. The second-order valence-corrected chi connectivity index (χ2v) is 6.02. The summed E-state index contributed by atoms with van der Waals surface area (Å²) in [5.74, 6) is -1.58. The maximum Gasteiger partial charge on any atom is 0.335 e. The fourth-order valence-electron chi connectivity index (χ4n) is 1.82. The van der Waals surface area contributed by atoms with Gasteiger partial charge in [-0.15, -0.1) is 0 Å². The smallest absolute Gasteiger partial charge is 0.335 e. The molecular formula is C14H9Br2FO3. The Kier molecular flexibility index (Phi) is 4.57. The number of aliphatic hydroxyl groups excluding tert-OH is 1. The van der Waals surface area contributed by atoms with Gasteiger partial charge in [-0.1, -0.05) is 31.9 Å². The quantitative estimate of drug-likeness (QED) is 0.809. The maximum atomic E-state index is 13.3. The average Bonchev–Trinajstić information content (AvgIpc) is 2.35. The van der Waals surface area contributed by atoms with E-state index in [1.165, 1.54) is 24.3 Å². The number of carboxylic acids is 1. The number of aromatic carboxylic acids is 1. The lowest BCUT2D eigenvalue weighted by atomic mass is 9.99. The van der Waals surface area contributed by atoms with Gasteiger partial charge in [-0.05, 0) is 47.5 Å². The molecule has 0 amide bonds. The number of rotatable bonds is 3. The Hall–Kier alpha value is -1.24. The molecule has 1 atom stereocenters. The molecule has 6 heteroatoms. The number of aliphatic hydroxyl groups is 1. The van der Waals surface area contributed by atoms with Gasteiger partial charge in [-0.2, -0.15) is 0 Å². The molecule has 0 bridgehead atoms. The van der Waals surface area contributed by atoms with Crippen LogP contribution in [-0.4, -0.2) is 16.2 Å². The van der Waals surface area contributed by atoms with Crippen LogP contribution in [-0.2, 0) is 0 Å². The summed E-state index contributed by atoms with van der Waals surface area (Å²) < 4.78 is 14.4. The van der Waals surface area contributed by atoms with Gasteiger partial charge < -0.3 is 10.2 Å². The Morgan fingerprint density at radius 1 is 1.00 bits per heavy atom. The van der Waals surface area contributed by atoms with Gasteiger partial charge in [0.2, 0.25) is 0 Å². The molecule has 0 aliphatic heterocycles. The summed E-state index contributed by atoms with van der Waals surface area (Å²) in [7, 11) is 0. The molecule has 20 heavy (non-hydrogen) atoms. The number of hydrogen-bond donors (Lipinski definition) is 2. The first-order valence-corrected chi connectivity index (χ1v) is 7.13. The van der Waals surface area contributed by atoms with Gasteiger partial charge in [-0.25, -0.2) is 9.18 Å². The van der Waals surface area contributed by atoms with Crippen molar-refractivity contribution in [1.82, 2.24) is 0 Å². The zero-order chi connectivity index (χ0) is 14.9. The van der Waals surface area contributed by atoms with Crippen LogP contribution in [0, 0.1) is 5.82 Å². The summed E-state index contributed by atoms with van der Waals surface area (Å²) in [4.78, 5) is 11.0. The third kappa shape index (κ3) is 3.45. The number of halogens is 3. The lowest BCUT2D eigenvalue weighted by molar-refractivity contribution is 0.0696. The van der Waals surface area contributed by atoms with Crippen molar-refractivity contribution in [3.8, 4) is 0 Å². The molecule has 3 nitrogen and oxygen atoms in total. The minimum Gasteiger partial charge on any atom is -0.478 e. The van der Waals surface area contributed by atoms with Crippen molar-refractivity contribution in [3.05, 3.63) is 67.9 Å². The summed E-state index contributed by atoms with van der Waals surface area (Å²) in [6.45, 7) is 0. The van der Waals surface area contributed by atoms with Gasteiger partial charge in [0.05, 0.1) is 5.56 Å². The first-order valence-electron chi connectivity index (χ1n) is 5.54. The minimum absolute atomic E-state index is 0.0453. The zero-order valence-electron chi connectivity index (χ0n) is 9.98. The molecule has 0 spiro atoms. The topological polar surface area (TPSA) is 57.5 Å². The molecule has 0 aliphatic carbocycles. The monoisotopic (exact) mass is 402 g/mol. The van der Waals surface area contributed by atoms with Crippen molar-refractivity contribution >= 4 is 37.8 Å². The van der Waals surface area contributed by atoms with Crippen LogP contribution in [0.4, 0.5) is 4.39 Å². The lowest BCUT2D eigenvalue weighted by Gasteiger charge is -2.13. The van der Waals surface area contributed by atoms with Gasteiger partial charge >= 0.3 is 5.97 Å². The van der Waals surface area contributed by atoms with Crippen molar-refractivity contribution in [2.45, 2.75) is 6.10 Å². The van der Waals surface area contributed by atoms with Crippen LogP contribution >= 0.6 is 31.9 Å². The first-order chi connectivity index (χ1) is 9.36. The SMILES string of the molecule is O=C(O)c1cc(Br)cc(C(O)c2cc(F)cc(Br)c2)c1. The molecule has 2 rings (SSSR count). The van der Waals surface area contributed by atoms with E-state index in [-0.39, 0.29) is 5.56 Å². The summed E-state index contributed by atoms with van der Waals surface area (Å²) in [6.07, 6.45) is -1.11. The fraction of sp³-hybridized carbons (Fsp3) is 0.0714. The fourth-order valence-corrected chi connectivity index (χ4v) is 2.81. The summed E-state index contributed by atoms with van der Waals surface area (Å²) in [6, 6.07) is 8.44. The minimum atomic E-state index is -1.11. The van der Waals surface area contributed by atoms with E-state index in [1.807, 2.05) is 0 Å². The summed E-state index contributed by atoms with van der Waals surface area (Å²) in [5.41, 5.74) is 0.754.